The van der Waals surface area contributed by atoms with Gasteiger partial charge in [-0.3, -0.25) is 4.79 Å². The number of halogens is 1. The third-order valence-corrected chi connectivity index (χ3v) is 4.09. The van der Waals surface area contributed by atoms with Gasteiger partial charge >= 0.3 is 5.97 Å². The molecule has 0 aliphatic heterocycles. The molecular formula is C19H16ClNO3. The van der Waals surface area contributed by atoms with Crippen molar-refractivity contribution in [1.82, 2.24) is 0 Å². The lowest BCUT2D eigenvalue weighted by molar-refractivity contribution is -0.136. The van der Waals surface area contributed by atoms with E-state index in [0.29, 0.717) is 27.8 Å². The van der Waals surface area contributed by atoms with E-state index in [1.807, 2.05) is 25.1 Å². The van der Waals surface area contributed by atoms with E-state index in [0.717, 1.165) is 16.3 Å². The first-order valence-corrected chi connectivity index (χ1v) is 7.79. The van der Waals surface area contributed by atoms with Gasteiger partial charge in [0.2, 0.25) is 0 Å². The second-order valence-electron chi connectivity index (χ2n) is 5.60. The molecule has 3 rings (SSSR count). The number of rotatable bonds is 4. The zero-order valence-corrected chi connectivity index (χ0v) is 13.8. The lowest BCUT2D eigenvalue weighted by Gasteiger charge is -2.16. The van der Waals surface area contributed by atoms with Gasteiger partial charge in [0.15, 0.2) is 0 Å². The summed E-state index contributed by atoms with van der Waals surface area (Å²) in [4.78, 5) is 11.1. The Bertz CT molecular complexity index is 920. The molecule has 0 saturated heterocycles. The Morgan fingerprint density at radius 2 is 1.88 bits per heavy atom. The molecule has 0 unspecified atom stereocenters. The van der Waals surface area contributed by atoms with Gasteiger partial charge in [-0.1, -0.05) is 23.7 Å². The minimum absolute atomic E-state index is 0.0670. The van der Waals surface area contributed by atoms with E-state index in [2.05, 4.69) is 0 Å². The predicted molar refractivity (Wildman–Crippen MR) is 96.0 cm³/mol. The number of hydrogen-bond acceptors (Lipinski definition) is 3. The summed E-state index contributed by atoms with van der Waals surface area (Å²) in [5, 5.41) is 11.5. The molecule has 0 amide bonds. The third-order valence-electron chi connectivity index (χ3n) is 3.85. The normalized spacial score (nSPS) is 10.8. The fourth-order valence-electron chi connectivity index (χ4n) is 2.63. The highest BCUT2D eigenvalue weighted by Crippen LogP contribution is 2.37. The maximum Gasteiger partial charge on any atom is 0.307 e. The number of fused-ring (bicyclic) bond motifs is 1. The molecule has 0 fully saturated rings. The van der Waals surface area contributed by atoms with Crippen molar-refractivity contribution in [2.45, 2.75) is 13.3 Å². The fraction of sp³-hybridized carbons (Fsp3) is 0.105. The van der Waals surface area contributed by atoms with Crippen molar-refractivity contribution in [1.29, 1.82) is 0 Å². The molecule has 0 atom stereocenters. The van der Waals surface area contributed by atoms with Crippen LogP contribution in [0.15, 0.2) is 48.5 Å². The average molecular weight is 342 g/mol. The van der Waals surface area contributed by atoms with Crippen LogP contribution in [0.5, 0.6) is 11.5 Å². The van der Waals surface area contributed by atoms with Crippen LogP contribution in [0.2, 0.25) is 5.02 Å². The maximum atomic E-state index is 11.1. The molecule has 0 saturated carbocycles. The minimum Gasteiger partial charge on any atom is -0.481 e. The van der Waals surface area contributed by atoms with Gasteiger partial charge in [0, 0.05) is 16.1 Å². The number of ether oxygens (including phenoxy) is 1. The maximum absolute atomic E-state index is 11.1. The zero-order valence-electron chi connectivity index (χ0n) is 13.0. The Balaban J connectivity index is 2.18. The second-order valence-corrected chi connectivity index (χ2v) is 6.03. The number of carboxylic acids is 1. The number of benzene rings is 3. The summed E-state index contributed by atoms with van der Waals surface area (Å²) in [5.74, 6) is 0.349. The van der Waals surface area contributed by atoms with Gasteiger partial charge in [0.05, 0.1) is 6.42 Å². The van der Waals surface area contributed by atoms with Crippen LogP contribution in [-0.4, -0.2) is 11.1 Å². The number of aliphatic carboxylic acids is 1. The Morgan fingerprint density at radius 1 is 1.17 bits per heavy atom. The number of nitrogens with two attached hydrogens (primary N) is 1. The highest BCUT2D eigenvalue weighted by Gasteiger charge is 2.15. The van der Waals surface area contributed by atoms with Gasteiger partial charge in [0.25, 0.3) is 0 Å². The molecule has 0 bridgehead atoms. The van der Waals surface area contributed by atoms with Crippen molar-refractivity contribution in [2.75, 3.05) is 5.73 Å². The molecule has 0 radical (unpaired) electrons. The largest absolute Gasteiger partial charge is 0.481 e. The average Bonchev–Trinajstić information content (AvgIpc) is 2.53. The molecule has 0 aromatic heterocycles. The smallest absolute Gasteiger partial charge is 0.307 e. The number of anilines is 1. The molecule has 5 heteroatoms. The van der Waals surface area contributed by atoms with Crippen LogP contribution in [0.25, 0.3) is 10.8 Å². The summed E-state index contributed by atoms with van der Waals surface area (Å²) in [5.41, 5.74) is 7.84. The molecule has 24 heavy (non-hydrogen) atoms. The molecule has 0 aliphatic carbocycles. The van der Waals surface area contributed by atoms with E-state index in [4.69, 9.17) is 27.2 Å². The first-order valence-electron chi connectivity index (χ1n) is 7.41. The standard InChI is InChI=1S/C19H16ClNO3/c1-11-13(9-18(22)23)8-12-2-3-14(20)10-17(12)19(11)24-16-6-4-15(21)5-7-16/h2-8,10H,9,21H2,1H3,(H,22,23). The molecule has 3 aromatic rings. The van der Waals surface area contributed by atoms with Crippen molar-refractivity contribution in [3.8, 4) is 11.5 Å². The highest BCUT2D eigenvalue weighted by molar-refractivity contribution is 6.31. The highest BCUT2D eigenvalue weighted by atomic mass is 35.5. The van der Waals surface area contributed by atoms with Gasteiger partial charge < -0.3 is 15.6 Å². The van der Waals surface area contributed by atoms with Gasteiger partial charge in [-0.05, 0) is 59.8 Å². The van der Waals surface area contributed by atoms with Crippen LogP contribution in [0.4, 0.5) is 5.69 Å². The summed E-state index contributed by atoms with van der Waals surface area (Å²) in [6, 6.07) is 14.4. The quantitative estimate of drug-likeness (QED) is 0.668. The van der Waals surface area contributed by atoms with Gasteiger partial charge in [-0.25, -0.2) is 0 Å². The predicted octanol–water partition coefficient (Wildman–Crippen LogP) is 4.80. The Hall–Kier alpha value is -2.72. The van der Waals surface area contributed by atoms with Crippen LogP contribution in [0.1, 0.15) is 11.1 Å². The van der Waals surface area contributed by atoms with E-state index in [1.165, 1.54) is 0 Å². The second kappa shape index (κ2) is 6.42. The van der Waals surface area contributed by atoms with Crippen LogP contribution in [-0.2, 0) is 11.2 Å². The summed E-state index contributed by atoms with van der Waals surface area (Å²) in [6.45, 7) is 1.85. The van der Waals surface area contributed by atoms with Crippen molar-refractivity contribution < 1.29 is 14.6 Å². The Labute approximate surface area is 144 Å². The summed E-state index contributed by atoms with van der Waals surface area (Å²) in [6.07, 6.45) is -0.0670. The van der Waals surface area contributed by atoms with Gasteiger partial charge in [-0.2, -0.15) is 0 Å². The molecule has 0 spiro atoms. The van der Waals surface area contributed by atoms with Crippen molar-refractivity contribution in [2.24, 2.45) is 0 Å². The number of carboxylic acid groups (broad SMARTS) is 1. The fourth-order valence-corrected chi connectivity index (χ4v) is 2.80. The Morgan fingerprint density at radius 3 is 2.54 bits per heavy atom. The lowest BCUT2D eigenvalue weighted by atomic mass is 9.98. The topological polar surface area (TPSA) is 72.5 Å². The van der Waals surface area contributed by atoms with E-state index < -0.39 is 5.97 Å². The molecule has 3 N–H and O–H groups in total. The number of carbonyl (C=O) groups is 1. The van der Waals surface area contributed by atoms with Crippen LogP contribution in [0.3, 0.4) is 0 Å². The minimum atomic E-state index is -0.884. The first kappa shape index (κ1) is 16.1. The van der Waals surface area contributed by atoms with Gasteiger partial charge in [0.1, 0.15) is 11.5 Å². The zero-order chi connectivity index (χ0) is 17.3. The third kappa shape index (κ3) is 3.29. The van der Waals surface area contributed by atoms with Crippen molar-refractivity contribution in [3.63, 3.8) is 0 Å². The monoisotopic (exact) mass is 341 g/mol. The lowest BCUT2D eigenvalue weighted by Crippen LogP contribution is -2.03. The first-order chi connectivity index (χ1) is 11.4. The Kier molecular flexibility index (Phi) is 4.32. The van der Waals surface area contributed by atoms with E-state index in [-0.39, 0.29) is 6.42 Å². The van der Waals surface area contributed by atoms with Crippen LogP contribution in [0, 0.1) is 6.92 Å². The van der Waals surface area contributed by atoms with Crippen LogP contribution < -0.4 is 10.5 Å². The molecular weight excluding hydrogens is 326 g/mol. The summed E-state index contributed by atoms with van der Waals surface area (Å²) < 4.78 is 6.05. The van der Waals surface area contributed by atoms with Crippen molar-refractivity contribution in [3.05, 3.63) is 64.7 Å². The van der Waals surface area contributed by atoms with E-state index in [9.17, 15) is 4.79 Å². The summed E-state index contributed by atoms with van der Waals surface area (Å²) in [7, 11) is 0. The van der Waals surface area contributed by atoms with Gasteiger partial charge in [-0.15, -0.1) is 0 Å². The molecule has 4 nitrogen and oxygen atoms in total. The van der Waals surface area contributed by atoms with Crippen LogP contribution >= 0.6 is 11.6 Å². The molecule has 3 aromatic carbocycles. The van der Waals surface area contributed by atoms with E-state index >= 15 is 0 Å². The SMILES string of the molecule is Cc1c(CC(=O)O)cc2ccc(Cl)cc2c1Oc1ccc(N)cc1. The molecule has 122 valence electrons. The molecule has 0 heterocycles. The number of nitrogen functional groups attached to an aromatic ring is 1. The molecule has 0 aliphatic rings. The number of hydrogen-bond donors (Lipinski definition) is 2. The van der Waals surface area contributed by atoms with E-state index in [1.54, 1.807) is 30.3 Å². The summed E-state index contributed by atoms with van der Waals surface area (Å²) >= 11 is 6.12. The van der Waals surface area contributed by atoms with Crippen molar-refractivity contribution >= 4 is 34.0 Å².